The predicted octanol–water partition coefficient (Wildman–Crippen LogP) is 2.28. The third kappa shape index (κ3) is 2.70. The summed E-state index contributed by atoms with van der Waals surface area (Å²) >= 11 is 1.89. The van der Waals surface area contributed by atoms with E-state index in [1.54, 1.807) is 6.92 Å². The number of carbonyl (C=O) groups is 1. The zero-order chi connectivity index (χ0) is 12.4. The lowest BCUT2D eigenvalue weighted by Gasteiger charge is -2.40. The number of nitrogens with zero attached hydrogens (tertiary/aromatic N) is 2. The van der Waals surface area contributed by atoms with Gasteiger partial charge in [-0.1, -0.05) is 6.92 Å². The van der Waals surface area contributed by atoms with E-state index in [9.17, 15) is 4.79 Å². The van der Waals surface area contributed by atoms with Crippen LogP contribution in [0.25, 0.3) is 0 Å². The first-order chi connectivity index (χ1) is 7.34. The van der Waals surface area contributed by atoms with Crippen LogP contribution in [0, 0.1) is 16.7 Å². The van der Waals surface area contributed by atoms with E-state index in [1.807, 2.05) is 23.6 Å². The van der Waals surface area contributed by atoms with E-state index in [2.05, 4.69) is 19.9 Å². The van der Waals surface area contributed by atoms with Crippen molar-refractivity contribution in [2.24, 2.45) is 5.41 Å². The minimum absolute atomic E-state index is 0.00845. The minimum atomic E-state index is -0.849. The number of hydrogen-bond acceptors (Lipinski definition) is 3. The van der Waals surface area contributed by atoms with Crippen LogP contribution in [0.3, 0.4) is 0 Å². The highest BCUT2D eigenvalue weighted by molar-refractivity contribution is 8.00. The molecule has 1 amide bonds. The van der Waals surface area contributed by atoms with Crippen molar-refractivity contribution in [3.8, 4) is 6.07 Å². The number of thioether (sulfide) groups is 1. The molecule has 0 N–H and O–H groups in total. The number of amides is 1. The number of nitriles is 1. The fraction of sp³-hybridized carbons (Fsp3) is 0.833. The molecule has 1 saturated heterocycles. The first kappa shape index (κ1) is 13.4. The van der Waals surface area contributed by atoms with E-state index in [0.29, 0.717) is 6.42 Å². The Morgan fingerprint density at radius 2 is 2.25 bits per heavy atom. The minimum Gasteiger partial charge on any atom is -0.339 e. The van der Waals surface area contributed by atoms with Crippen molar-refractivity contribution >= 4 is 17.7 Å². The molecule has 0 spiro atoms. The van der Waals surface area contributed by atoms with Crippen LogP contribution >= 0.6 is 11.8 Å². The smallest absolute Gasteiger partial charge is 0.242 e. The summed E-state index contributed by atoms with van der Waals surface area (Å²) < 4.78 is 0.109. The largest absolute Gasteiger partial charge is 0.339 e. The Morgan fingerprint density at radius 1 is 1.62 bits per heavy atom. The molecular weight excluding hydrogens is 220 g/mol. The van der Waals surface area contributed by atoms with Gasteiger partial charge in [-0.3, -0.25) is 4.79 Å². The third-order valence-corrected chi connectivity index (χ3v) is 4.44. The van der Waals surface area contributed by atoms with E-state index in [-0.39, 0.29) is 10.7 Å². The molecular formula is C12H20N2OS. The molecule has 90 valence electrons. The normalized spacial score (nSPS) is 23.3. The second kappa shape index (κ2) is 4.67. The van der Waals surface area contributed by atoms with Gasteiger partial charge in [-0.25, -0.2) is 0 Å². The monoisotopic (exact) mass is 240 g/mol. The van der Waals surface area contributed by atoms with E-state index in [4.69, 9.17) is 5.26 Å². The fourth-order valence-corrected chi connectivity index (χ4v) is 2.93. The van der Waals surface area contributed by atoms with Crippen molar-refractivity contribution in [1.82, 2.24) is 4.90 Å². The van der Waals surface area contributed by atoms with Crippen LogP contribution in [0.2, 0.25) is 0 Å². The molecule has 0 aliphatic carbocycles. The molecule has 0 saturated carbocycles. The lowest BCUT2D eigenvalue weighted by molar-refractivity contribution is -0.138. The van der Waals surface area contributed by atoms with Crippen LogP contribution in [0.5, 0.6) is 0 Å². The van der Waals surface area contributed by atoms with E-state index < -0.39 is 5.41 Å². The Balaban J connectivity index is 2.79. The van der Waals surface area contributed by atoms with Crippen LogP contribution in [0.1, 0.15) is 34.1 Å². The van der Waals surface area contributed by atoms with Gasteiger partial charge in [0.2, 0.25) is 5.91 Å². The lowest BCUT2D eigenvalue weighted by atomic mass is 9.87. The highest BCUT2D eigenvalue weighted by Gasteiger charge is 2.39. The number of hydrogen-bond donors (Lipinski definition) is 0. The zero-order valence-electron chi connectivity index (χ0n) is 10.5. The summed E-state index contributed by atoms with van der Waals surface area (Å²) in [6.45, 7) is 9.44. The molecule has 1 rings (SSSR count). The standard InChI is InChI=1S/C12H20N2OS/c1-5-12(4,8-13)10(15)14-6-7-16-11(2,3)9-14/h5-7,9H2,1-4H3. The molecule has 0 aromatic heterocycles. The van der Waals surface area contributed by atoms with Gasteiger partial charge in [0.25, 0.3) is 0 Å². The molecule has 3 nitrogen and oxygen atoms in total. The van der Waals surface area contributed by atoms with Crippen LogP contribution in [0.15, 0.2) is 0 Å². The molecule has 1 fully saturated rings. The SMILES string of the molecule is CCC(C)(C#N)C(=O)N1CCSC(C)(C)C1. The summed E-state index contributed by atoms with van der Waals surface area (Å²) in [5.74, 6) is 0.954. The van der Waals surface area contributed by atoms with Crippen molar-refractivity contribution in [3.63, 3.8) is 0 Å². The highest BCUT2D eigenvalue weighted by Crippen LogP contribution is 2.32. The quantitative estimate of drug-likeness (QED) is 0.744. The van der Waals surface area contributed by atoms with Crippen LogP contribution < -0.4 is 0 Å². The molecule has 4 heteroatoms. The second-order valence-electron chi connectivity index (χ2n) is 5.13. The molecule has 1 atom stereocenters. The Bertz CT molecular complexity index is 321. The number of carbonyl (C=O) groups excluding carboxylic acids is 1. The van der Waals surface area contributed by atoms with Gasteiger partial charge in [-0.15, -0.1) is 0 Å². The zero-order valence-corrected chi connectivity index (χ0v) is 11.4. The molecule has 0 aromatic carbocycles. The summed E-state index contributed by atoms with van der Waals surface area (Å²) in [5.41, 5.74) is -0.849. The topological polar surface area (TPSA) is 44.1 Å². The Morgan fingerprint density at radius 3 is 2.69 bits per heavy atom. The Kier molecular flexibility index (Phi) is 3.90. The molecule has 1 unspecified atom stereocenters. The van der Waals surface area contributed by atoms with Gasteiger partial charge in [0.1, 0.15) is 5.41 Å². The van der Waals surface area contributed by atoms with Gasteiger partial charge in [-0.05, 0) is 27.2 Å². The Labute approximate surface area is 102 Å². The van der Waals surface area contributed by atoms with E-state index in [0.717, 1.165) is 18.8 Å². The van der Waals surface area contributed by atoms with Gasteiger partial charge in [0, 0.05) is 23.6 Å². The summed E-state index contributed by atoms with van der Waals surface area (Å²) in [6, 6.07) is 2.15. The number of rotatable bonds is 2. The second-order valence-corrected chi connectivity index (χ2v) is 6.93. The van der Waals surface area contributed by atoms with Gasteiger partial charge in [0.15, 0.2) is 0 Å². The average Bonchev–Trinajstić information content (AvgIpc) is 2.25. The predicted molar refractivity (Wildman–Crippen MR) is 67.1 cm³/mol. The van der Waals surface area contributed by atoms with Crippen molar-refractivity contribution < 1.29 is 4.79 Å². The van der Waals surface area contributed by atoms with Crippen LogP contribution in [-0.2, 0) is 4.79 Å². The van der Waals surface area contributed by atoms with Crippen molar-refractivity contribution in [1.29, 1.82) is 5.26 Å². The summed E-state index contributed by atoms with van der Waals surface area (Å²) in [6.07, 6.45) is 0.576. The third-order valence-electron chi connectivity index (χ3n) is 3.14. The van der Waals surface area contributed by atoms with E-state index >= 15 is 0 Å². The van der Waals surface area contributed by atoms with Crippen molar-refractivity contribution in [2.75, 3.05) is 18.8 Å². The molecule has 0 radical (unpaired) electrons. The molecule has 0 bridgehead atoms. The van der Waals surface area contributed by atoms with Gasteiger partial charge >= 0.3 is 0 Å². The molecule has 1 aliphatic heterocycles. The fourth-order valence-electron chi connectivity index (χ4n) is 1.82. The molecule has 1 aliphatic rings. The molecule has 0 aromatic rings. The summed E-state index contributed by atoms with van der Waals surface area (Å²) in [7, 11) is 0. The van der Waals surface area contributed by atoms with Gasteiger partial charge in [0.05, 0.1) is 6.07 Å². The Hall–Kier alpha value is -0.690. The van der Waals surface area contributed by atoms with Crippen molar-refractivity contribution in [3.05, 3.63) is 0 Å². The first-order valence-electron chi connectivity index (χ1n) is 5.69. The maximum atomic E-state index is 12.3. The van der Waals surface area contributed by atoms with E-state index in [1.165, 1.54) is 0 Å². The highest BCUT2D eigenvalue weighted by atomic mass is 32.2. The molecule has 16 heavy (non-hydrogen) atoms. The lowest BCUT2D eigenvalue weighted by Crippen LogP contribution is -2.50. The van der Waals surface area contributed by atoms with Gasteiger partial charge < -0.3 is 4.90 Å². The van der Waals surface area contributed by atoms with Crippen LogP contribution in [0.4, 0.5) is 0 Å². The first-order valence-corrected chi connectivity index (χ1v) is 6.68. The average molecular weight is 240 g/mol. The van der Waals surface area contributed by atoms with Crippen molar-refractivity contribution in [2.45, 2.75) is 38.9 Å². The van der Waals surface area contributed by atoms with Gasteiger partial charge in [-0.2, -0.15) is 17.0 Å². The maximum Gasteiger partial charge on any atom is 0.242 e. The van der Waals surface area contributed by atoms with Crippen LogP contribution in [-0.4, -0.2) is 34.4 Å². The maximum absolute atomic E-state index is 12.3. The summed E-state index contributed by atoms with van der Waals surface area (Å²) in [4.78, 5) is 14.1. The summed E-state index contributed by atoms with van der Waals surface area (Å²) in [5, 5.41) is 9.11. The molecule has 1 heterocycles.